The lowest BCUT2D eigenvalue weighted by atomic mass is 9.77. The molecule has 4 aromatic rings. The number of rotatable bonds is 9. The van der Waals surface area contributed by atoms with Crippen LogP contribution in [0.5, 0.6) is 17.2 Å². The van der Waals surface area contributed by atoms with Crippen LogP contribution < -0.4 is 15.0 Å². The first-order chi connectivity index (χ1) is 19.5. The summed E-state index contributed by atoms with van der Waals surface area (Å²) >= 11 is 0. The van der Waals surface area contributed by atoms with E-state index in [9.17, 15) is 9.90 Å². The molecule has 2 aliphatic heterocycles. The van der Waals surface area contributed by atoms with Crippen molar-refractivity contribution < 1.29 is 19.4 Å². The van der Waals surface area contributed by atoms with E-state index in [0.29, 0.717) is 28.3 Å². The molecule has 0 fully saturated rings. The van der Waals surface area contributed by atoms with Crippen LogP contribution in [0.3, 0.4) is 0 Å². The van der Waals surface area contributed by atoms with Crippen molar-refractivity contribution in [2.45, 2.75) is 45.1 Å². The predicted molar refractivity (Wildman–Crippen MR) is 158 cm³/mol. The van der Waals surface area contributed by atoms with Gasteiger partial charge in [0.15, 0.2) is 5.60 Å². The predicted octanol–water partition coefficient (Wildman–Crippen LogP) is 8.11. The number of aromatic hydroxyl groups is 1. The number of carbonyl (C=O) groups is 1. The van der Waals surface area contributed by atoms with Gasteiger partial charge in [-0.05, 0) is 49.2 Å². The molecule has 4 aromatic carbocycles. The van der Waals surface area contributed by atoms with Crippen LogP contribution in [-0.2, 0) is 10.3 Å². The summed E-state index contributed by atoms with van der Waals surface area (Å²) in [6.45, 7) is 6.33. The fourth-order valence-corrected chi connectivity index (χ4v) is 5.74. The van der Waals surface area contributed by atoms with Crippen molar-refractivity contribution in [2.24, 2.45) is 0 Å². The van der Waals surface area contributed by atoms with Gasteiger partial charge in [0.25, 0.3) is 0 Å². The molecule has 40 heavy (non-hydrogen) atoms. The van der Waals surface area contributed by atoms with Crippen molar-refractivity contribution in [3.05, 3.63) is 107 Å². The average Bonchev–Trinajstić information content (AvgIpc) is 3.27. The van der Waals surface area contributed by atoms with E-state index in [1.54, 1.807) is 12.1 Å². The molecule has 0 bridgehead atoms. The number of benzene rings is 4. The molecule has 2 heterocycles. The number of hydrogen-bond donors (Lipinski definition) is 2. The van der Waals surface area contributed by atoms with Gasteiger partial charge >= 0.3 is 5.97 Å². The molecule has 6 nitrogen and oxygen atoms in total. The Morgan fingerprint density at radius 2 is 1.50 bits per heavy atom. The van der Waals surface area contributed by atoms with Crippen LogP contribution >= 0.6 is 0 Å². The number of anilines is 3. The Bertz CT molecular complexity index is 1540. The van der Waals surface area contributed by atoms with E-state index < -0.39 is 5.60 Å². The molecule has 204 valence electrons. The number of unbranched alkanes of at least 4 members (excludes halogenated alkanes) is 2. The first kappa shape index (κ1) is 25.8. The Kier molecular flexibility index (Phi) is 6.84. The fraction of sp³-hybridized carbons (Fsp3) is 0.265. The Morgan fingerprint density at radius 1 is 0.800 bits per heavy atom. The monoisotopic (exact) mass is 534 g/mol. The fourth-order valence-electron chi connectivity index (χ4n) is 5.74. The summed E-state index contributed by atoms with van der Waals surface area (Å²) in [6, 6.07) is 26.8. The molecular formula is C34H34N2O4. The van der Waals surface area contributed by atoms with Crippen molar-refractivity contribution >= 4 is 23.0 Å². The Balaban J connectivity index is 1.51. The molecule has 2 aliphatic rings. The van der Waals surface area contributed by atoms with Crippen LogP contribution in [0.2, 0.25) is 0 Å². The average molecular weight is 535 g/mol. The molecule has 0 amide bonds. The number of nitrogens with one attached hydrogen (secondary N) is 1. The number of esters is 1. The van der Waals surface area contributed by atoms with E-state index in [2.05, 4.69) is 30.1 Å². The van der Waals surface area contributed by atoms with E-state index >= 15 is 0 Å². The molecule has 0 aliphatic carbocycles. The summed E-state index contributed by atoms with van der Waals surface area (Å²) in [7, 11) is 0. The summed E-state index contributed by atoms with van der Waals surface area (Å²) in [5, 5.41) is 14.3. The molecule has 0 saturated carbocycles. The Hall–Kier alpha value is -4.45. The highest BCUT2D eigenvalue weighted by molar-refractivity contribution is 5.97. The molecule has 6 rings (SSSR count). The standard InChI is InChI=1S/C34H34N2O4/c1-3-5-18-36(19-6-4-2)24-16-17-27-31(20-24)39-32-22-30(37)29(35-23-12-8-7-9-13-23)21-28(32)34(27)26-15-11-10-14-25(26)33(38)40-34/h7-17,20-22,35,37H,3-6,18-19H2,1-2H3. The van der Waals surface area contributed by atoms with E-state index in [4.69, 9.17) is 9.47 Å². The first-order valence-electron chi connectivity index (χ1n) is 14.1. The van der Waals surface area contributed by atoms with Gasteiger partial charge in [-0.15, -0.1) is 0 Å². The van der Waals surface area contributed by atoms with Gasteiger partial charge in [-0.25, -0.2) is 4.79 Å². The number of hydrogen-bond acceptors (Lipinski definition) is 6. The van der Waals surface area contributed by atoms with Crippen molar-refractivity contribution in [1.29, 1.82) is 0 Å². The second-order valence-corrected chi connectivity index (χ2v) is 10.4. The summed E-state index contributed by atoms with van der Waals surface area (Å²) in [5.74, 6) is 0.744. The number of ether oxygens (including phenoxy) is 2. The van der Waals surface area contributed by atoms with Gasteiger partial charge < -0.3 is 24.8 Å². The minimum atomic E-state index is -1.20. The van der Waals surface area contributed by atoms with Gasteiger partial charge in [-0.2, -0.15) is 0 Å². The van der Waals surface area contributed by atoms with Crippen LogP contribution in [0.15, 0.2) is 84.9 Å². The highest BCUT2D eigenvalue weighted by Gasteiger charge is 2.53. The topological polar surface area (TPSA) is 71.0 Å². The van der Waals surface area contributed by atoms with Gasteiger partial charge in [0.2, 0.25) is 0 Å². The molecule has 1 unspecified atom stereocenters. The van der Waals surface area contributed by atoms with Crippen LogP contribution in [0.25, 0.3) is 0 Å². The van der Waals surface area contributed by atoms with E-state index in [1.165, 1.54) is 0 Å². The third-order valence-corrected chi connectivity index (χ3v) is 7.79. The van der Waals surface area contributed by atoms with Crippen LogP contribution in [0.4, 0.5) is 17.1 Å². The molecule has 6 heteroatoms. The van der Waals surface area contributed by atoms with Gasteiger partial charge in [0, 0.05) is 53.3 Å². The summed E-state index contributed by atoms with van der Waals surface area (Å²) < 4.78 is 12.8. The molecule has 2 N–H and O–H groups in total. The number of para-hydroxylation sites is 1. The molecule has 1 atom stereocenters. The molecular weight excluding hydrogens is 500 g/mol. The molecule has 0 saturated heterocycles. The number of nitrogens with zero attached hydrogens (tertiary/aromatic N) is 1. The maximum atomic E-state index is 13.3. The largest absolute Gasteiger partial charge is 0.506 e. The smallest absolute Gasteiger partial charge is 0.340 e. The minimum Gasteiger partial charge on any atom is -0.506 e. The van der Waals surface area contributed by atoms with Crippen LogP contribution in [0, 0.1) is 0 Å². The van der Waals surface area contributed by atoms with Crippen LogP contribution in [-0.4, -0.2) is 24.2 Å². The maximum absolute atomic E-state index is 13.3. The zero-order valence-corrected chi connectivity index (χ0v) is 22.9. The van der Waals surface area contributed by atoms with Crippen molar-refractivity contribution in [3.63, 3.8) is 0 Å². The third-order valence-electron chi connectivity index (χ3n) is 7.79. The van der Waals surface area contributed by atoms with Crippen LogP contribution in [0.1, 0.15) is 66.6 Å². The Morgan fingerprint density at radius 3 is 2.25 bits per heavy atom. The molecule has 1 spiro atoms. The van der Waals surface area contributed by atoms with Gasteiger partial charge in [0.1, 0.15) is 17.2 Å². The zero-order valence-electron chi connectivity index (χ0n) is 22.9. The lowest BCUT2D eigenvalue weighted by molar-refractivity contribution is 0.0224. The summed E-state index contributed by atoms with van der Waals surface area (Å²) in [5.41, 5.74) is 3.93. The highest BCUT2D eigenvalue weighted by Crippen LogP contribution is 2.58. The summed E-state index contributed by atoms with van der Waals surface area (Å²) in [6.07, 6.45) is 4.44. The quantitative estimate of drug-likeness (QED) is 0.167. The maximum Gasteiger partial charge on any atom is 0.340 e. The number of phenolic OH excluding ortho intramolecular Hbond substituents is 1. The van der Waals surface area contributed by atoms with Crippen molar-refractivity contribution in [2.75, 3.05) is 23.3 Å². The number of fused-ring (bicyclic) bond motifs is 6. The van der Waals surface area contributed by atoms with Crippen molar-refractivity contribution in [3.8, 4) is 17.2 Å². The van der Waals surface area contributed by atoms with Gasteiger partial charge in [0.05, 0.1) is 11.3 Å². The normalized spacial score (nSPS) is 16.5. The van der Waals surface area contributed by atoms with E-state index in [0.717, 1.165) is 61.3 Å². The molecule has 0 aromatic heterocycles. The number of phenols is 1. The second kappa shape index (κ2) is 10.6. The van der Waals surface area contributed by atoms with Gasteiger partial charge in [-0.3, -0.25) is 0 Å². The van der Waals surface area contributed by atoms with Gasteiger partial charge in [-0.1, -0.05) is 63.1 Å². The number of carbonyl (C=O) groups excluding carboxylic acids is 1. The highest BCUT2D eigenvalue weighted by atomic mass is 16.6. The second-order valence-electron chi connectivity index (χ2n) is 10.4. The lowest BCUT2D eigenvalue weighted by Gasteiger charge is -2.37. The molecule has 0 radical (unpaired) electrons. The zero-order chi connectivity index (χ0) is 27.7. The van der Waals surface area contributed by atoms with E-state index in [1.807, 2.05) is 66.7 Å². The van der Waals surface area contributed by atoms with E-state index in [-0.39, 0.29) is 11.7 Å². The Labute approximate surface area is 235 Å². The third kappa shape index (κ3) is 4.34. The SMILES string of the molecule is CCCCN(CCCC)c1ccc2c(c1)Oc1cc(O)c(Nc3ccccc3)cc1C21OC(=O)c2ccccc21. The first-order valence-corrected chi connectivity index (χ1v) is 14.1. The summed E-state index contributed by atoms with van der Waals surface area (Å²) in [4.78, 5) is 15.7. The van der Waals surface area contributed by atoms with Crippen molar-refractivity contribution in [1.82, 2.24) is 0 Å². The lowest BCUT2D eigenvalue weighted by Crippen LogP contribution is -2.33. The minimum absolute atomic E-state index is 0.0440.